The average Bonchev–Trinajstić information content (AvgIpc) is 3.00. The summed E-state index contributed by atoms with van der Waals surface area (Å²) in [4.78, 5) is 11.4. The minimum atomic E-state index is -0.659. The third-order valence-corrected chi connectivity index (χ3v) is 10.9. The number of carboxylic acids is 1. The molecule has 0 aliphatic heterocycles. The van der Waals surface area contributed by atoms with Crippen LogP contribution in [0.3, 0.4) is 0 Å². The summed E-state index contributed by atoms with van der Waals surface area (Å²) >= 11 is 0. The quantitative estimate of drug-likeness (QED) is 0.604. The minimum Gasteiger partial charge on any atom is -0.481 e. The standard InChI is InChI=1S/C26H44O3/c1-6-17-21-13-15(2)9-11-26(21,5)20-10-12-25(4)18(16(3)14-22(27)28)7-8-19(25)23(20)24(17)29/h15-21,23-24,29H,6-14H2,1-5H3,(H,27,28)/t15-,16-,17-,18-,19+,20+,21+,23+,24-,25-,26-/m1/s1. The summed E-state index contributed by atoms with van der Waals surface area (Å²) in [5.74, 6) is 3.65. The highest BCUT2D eigenvalue weighted by atomic mass is 16.4. The smallest absolute Gasteiger partial charge is 0.303 e. The van der Waals surface area contributed by atoms with Gasteiger partial charge >= 0.3 is 5.97 Å². The Morgan fingerprint density at radius 1 is 1.03 bits per heavy atom. The molecule has 3 nitrogen and oxygen atoms in total. The van der Waals surface area contributed by atoms with Crippen LogP contribution in [-0.4, -0.2) is 22.3 Å². The van der Waals surface area contributed by atoms with Gasteiger partial charge in [0.05, 0.1) is 6.10 Å². The van der Waals surface area contributed by atoms with E-state index in [2.05, 4.69) is 34.6 Å². The van der Waals surface area contributed by atoms with Crippen LogP contribution in [0.5, 0.6) is 0 Å². The largest absolute Gasteiger partial charge is 0.481 e. The summed E-state index contributed by atoms with van der Waals surface area (Å²) in [7, 11) is 0. The van der Waals surface area contributed by atoms with Gasteiger partial charge in [0.2, 0.25) is 0 Å². The number of carboxylic acid groups (broad SMARTS) is 1. The lowest BCUT2D eigenvalue weighted by molar-refractivity contribution is -0.198. The highest BCUT2D eigenvalue weighted by Crippen LogP contribution is 2.69. The molecular weight excluding hydrogens is 360 g/mol. The van der Waals surface area contributed by atoms with E-state index in [-0.39, 0.29) is 17.4 Å². The fourth-order valence-electron chi connectivity index (χ4n) is 9.57. The van der Waals surface area contributed by atoms with E-state index in [1.54, 1.807) is 0 Å². The number of aliphatic hydroxyl groups excluding tert-OH is 1. The van der Waals surface area contributed by atoms with Crippen LogP contribution in [0.1, 0.15) is 92.4 Å². The monoisotopic (exact) mass is 404 g/mol. The first-order valence-corrected chi connectivity index (χ1v) is 12.5. The van der Waals surface area contributed by atoms with Gasteiger partial charge in [0.1, 0.15) is 0 Å². The SMILES string of the molecule is CC[C@H]1[C@@H](O)[C@@H]2[C@H](CC[C@]3(C)[C@@H]([C@H](C)CC(=O)O)CC[C@@H]23)[C@@]2(C)CC[C@@H](C)C[C@@H]12. The van der Waals surface area contributed by atoms with Crippen LogP contribution in [0, 0.1) is 58.2 Å². The summed E-state index contributed by atoms with van der Waals surface area (Å²) < 4.78 is 0. The number of aliphatic hydroxyl groups is 1. The van der Waals surface area contributed by atoms with E-state index in [4.69, 9.17) is 0 Å². The van der Waals surface area contributed by atoms with Crippen LogP contribution in [0.2, 0.25) is 0 Å². The molecule has 0 amide bonds. The normalized spacial score (nSPS) is 52.9. The van der Waals surface area contributed by atoms with Crippen molar-refractivity contribution >= 4 is 5.97 Å². The second-order valence-corrected chi connectivity index (χ2v) is 12.1. The van der Waals surface area contributed by atoms with Gasteiger partial charge in [-0.25, -0.2) is 0 Å². The van der Waals surface area contributed by atoms with Crippen LogP contribution in [0.4, 0.5) is 0 Å². The Morgan fingerprint density at radius 3 is 2.34 bits per heavy atom. The van der Waals surface area contributed by atoms with Gasteiger partial charge in [-0.3, -0.25) is 4.79 Å². The van der Waals surface area contributed by atoms with Gasteiger partial charge in [-0.15, -0.1) is 0 Å². The van der Waals surface area contributed by atoms with Gasteiger partial charge in [-0.2, -0.15) is 0 Å². The maximum Gasteiger partial charge on any atom is 0.303 e. The molecule has 0 heterocycles. The lowest BCUT2D eigenvalue weighted by Crippen LogP contribution is -2.61. The first-order chi connectivity index (χ1) is 13.6. The van der Waals surface area contributed by atoms with E-state index in [0.29, 0.717) is 47.3 Å². The van der Waals surface area contributed by atoms with Crippen molar-refractivity contribution in [3.63, 3.8) is 0 Å². The van der Waals surface area contributed by atoms with Gasteiger partial charge in [-0.05, 0) is 96.7 Å². The van der Waals surface area contributed by atoms with Crippen LogP contribution >= 0.6 is 0 Å². The van der Waals surface area contributed by atoms with Gasteiger partial charge in [0.25, 0.3) is 0 Å². The Bertz CT molecular complexity index is 631. The maximum absolute atomic E-state index is 11.7. The van der Waals surface area contributed by atoms with E-state index in [9.17, 15) is 15.0 Å². The molecule has 4 rings (SSSR count). The molecule has 0 bridgehead atoms. The molecule has 4 aliphatic carbocycles. The highest BCUT2D eigenvalue weighted by molar-refractivity contribution is 5.67. The summed E-state index contributed by atoms with van der Waals surface area (Å²) in [6.07, 6.45) is 10.0. The molecule has 3 heteroatoms. The van der Waals surface area contributed by atoms with Gasteiger partial charge in [0, 0.05) is 6.42 Å². The zero-order valence-electron chi connectivity index (χ0n) is 19.4. The Hall–Kier alpha value is -0.570. The third-order valence-electron chi connectivity index (χ3n) is 10.9. The van der Waals surface area contributed by atoms with Crippen LogP contribution in [0.25, 0.3) is 0 Å². The molecule has 0 aromatic carbocycles. The van der Waals surface area contributed by atoms with Crippen LogP contribution < -0.4 is 0 Å². The molecule has 166 valence electrons. The number of carbonyl (C=O) groups is 1. The van der Waals surface area contributed by atoms with Crippen molar-refractivity contribution < 1.29 is 15.0 Å². The molecule has 0 radical (unpaired) electrons. The van der Waals surface area contributed by atoms with E-state index in [1.165, 1.54) is 38.5 Å². The molecule has 2 N–H and O–H groups in total. The second-order valence-electron chi connectivity index (χ2n) is 12.1. The molecule has 11 atom stereocenters. The Balaban J connectivity index is 1.66. The predicted molar refractivity (Wildman–Crippen MR) is 116 cm³/mol. The van der Waals surface area contributed by atoms with Crippen molar-refractivity contribution in [1.82, 2.24) is 0 Å². The second kappa shape index (κ2) is 7.53. The number of rotatable bonds is 4. The van der Waals surface area contributed by atoms with Gasteiger partial charge < -0.3 is 10.2 Å². The molecular formula is C26H44O3. The Kier molecular flexibility index (Phi) is 5.63. The Morgan fingerprint density at radius 2 is 1.69 bits per heavy atom. The molecule has 4 saturated carbocycles. The van der Waals surface area contributed by atoms with Gasteiger partial charge in [-0.1, -0.05) is 47.5 Å². The summed E-state index contributed by atoms with van der Waals surface area (Å²) in [5, 5.41) is 21.1. The molecule has 0 aromatic heterocycles. The van der Waals surface area contributed by atoms with Crippen molar-refractivity contribution in [2.75, 3.05) is 0 Å². The molecule has 4 aliphatic rings. The topological polar surface area (TPSA) is 57.5 Å². The van der Waals surface area contributed by atoms with E-state index in [1.807, 2.05) is 0 Å². The molecule has 0 saturated heterocycles. The van der Waals surface area contributed by atoms with Crippen molar-refractivity contribution in [3.8, 4) is 0 Å². The van der Waals surface area contributed by atoms with Crippen LogP contribution in [-0.2, 0) is 4.79 Å². The first kappa shape index (κ1) is 21.7. The molecule has 0 unspecified atom stereocenters. The minimum absolute atomic E-state index is 0.161. The highest BCUT2D eigenvalue weighted by Gasteiger charge is 2.64. The van der Waals surface area contributed by atoms with Crippen molar-refractivity contribution in [3.05, 3.63) is 0 Å². The number of hydrogen-bond acceptors (Lipinski definition) is 2. The lowest BCUT2D eigenvalue weighted by atomic mass is 9.41. The van der Waals surface area contributed by atoms with Crippen molar-refractivity contribution in [2.45, 2.75) is 98.5 Å². The Labute approximate surface area is 178 Å². The fourth-order valence-corrected chi connectivity index (χ4v) is 9.57. The molecule has 0 spiro atoms. The maximum atomic E-state index is 11.7. The fraction of sp³-hybridized carbons (Fsp3) is 0.962. The van der Waals surface area contributed by atoms with E-state index < -0.39 is 5.97 Å². The molecule has 0 aromatic rings. The van der Waals surface area contributed by atoms with E-state index >= 15 is 0 Å². The predicted octanol–water partition coefficient (Wildman–Crippen LogP) is 6.00. The summed E-state index contributed by atoms with van der Waals surface area (Å²) in [6.45, 7) is 11.9. The van der Waals surface area contributed by atoms with Crippen LogP contribution in [0.15, 0.2) is 0 Å². The number of aliphatic carboxylic acids is 1. The molecule has 4 fully saturated rings. The average molecular weight is 405 g/mol. The number of hydrogen-bond donors (Lipinski definition) is 2. The zero-order valence-corrected chi connectivity index (χ0v) is 19.4. The van der Waals surface area contributed by atoms with Crippen molar-refractivity contribution in [1.29, 1.82) is 0 Å². The number of fused-ring (bicyclic) bond motifs is 5. The zero-order chi connectivity index (χ0) is 21.1. The first-order valence-electron chi connectivity index (χ1n) is 12.5. The molecule has 29 heavy (non-hydrogen) atoms. The summed E-state index contributed by atoms with van der Waals surface area (Å²) in [6, 6.07) is 0. The van der Waals surface area contributed by atoms with Crippen molar-refractivity contribution in [2.24, 2.45) is 58.2 Å². The summed E-state index contributed by atoms with van der Waals surface area (Å²) in [5.41, 5.74) is 0.601. The van der Waals surface area contributed by atoms with E-state index in [0.717, 1.165) is 18.8 Å². The third kappa shape index (κ3) is 3.20. The van der Waals surface area contributed by atoms with Gasteiger partial charge in [0.15, 0.2) is 0 Å². The lowest BCUT2D eigenvalue weighted by Gasteiger charge is -2.65.